The number of Topliss-reactive ketones (excluding diaryl/α,β-unsaturated/α-hetero) is 1. The Balaban J connectivity index is 0.991. The molecule has 2 saturated heterocycles. The number of phenols is 3. The molecule has 7 N–H and O–H groups in total. The lowest BCUT2D eigenvalue weighted by Gasteiger charge is -2.39. The largest absolute Gasteiger partial charge is 0.507 e. The van der Waals surface area contributed by atoms with Crippen molar-refractivity contribution < 1.29 is 77.9 Å². The van der Waals surface area contributed by atoms with E-state index in [0.29, 0.717) is 23.9 Å². The number of aromatic hydroxyl groups is 3. The summed E-state index contributed by atoms with van der Waals surface area (Å²) >= 11 is 0. The summed E-state index contributed by atoms with van der Waals surface area (Å²) < 4.78 is 41.5. The van der Waals surface area contributed by atoms with E-state index in [9.17, 15) is 59.4 Å². The predicted molar refractivity (Wildman–Crippen MR) is 318 cm³/mol. The number of methoxy groups -OCH3 is 2. The zero-order valence-corrected chi connectivity index (χ0v) is 50.1. The van der Waals surface area contributed by atoms with Crippen LogP contribution in [0.3, 0.4) is 0 Å². The monoisotopic (exact) mass is 1190 g/mol. The third kappa shape index (κ3) is 11.6. The average molecular weight is 1190 g/mol. The Kier molecular flexibility index (Phi) is 18.0. The number of fused-ring (bicyclic) bond motifs is 15. The lowest BCUT2D eigenvalue weighted by molar-refractivity contribution is -0.160. The average Bonchev–Trinajstić information content (AvgIpc) is 1.45. The number of anilines is 2. The first-order valence-electron chi connectivity index (χ1n) is 29.1. The molecule has 5 heterocycles. The number of carbonyl (C=O) groups is 5. The van der Waals surface area contributed by atoms with Crippen LogP contribution in [-0.4, -0.2) is 164 Å². The zero-order valence-electron chi connectivity index (χ0n) is 50.1. The number of piperazine rings is 1. The molecule has 9 atom stereocenters. The number of ketones is 1. The number of amides is 2. The van der Waals surface area contributed by atoms with Gasteiger partial charge in [-0.15, -0.1) is 0 Å². The summed E-state index contributed by atoms with van der Waals surface area (Å²) in [5.41, 5.74) is -2.41. The van der Waals surface area contributed by atoms with Crippen molar-refractivity contribution in [1.29, 1.82) is 0 Å². The van der Waals surface area contributed by atoms with E-state index >= 15 is 4.39 Å². The number of aliphatic hydroxyl groups excluding tert-OH is 2. The number of esters is 1. The number of carbonyl (C=O) groups excluding carboxylic acids is 4. The van der Waals surface area contributed by atoms with E-state index in [0.717, 1.165) is 18.9 Å². The van der Waals surface area contributed by atoms with Gasteiger partial charge in [0, 0.05) is 118 Å². The third-order valence-electron chi connectivity index (χ3n) is 18.2. The highest BCUT2D eigenvalue weighted by atomic mass is 19.1. The second-order valence-corrected chi connectivity index (χ2v) is 23.9. The van der Waals surface area contributed by atoms with Crippen LogP contribution in [0, 0.1) is 42.3 Å². The Morgan fingerprint density at radius 3 is 2.16 bits per heavy atom. The molecule has 2 aliphatic carbocycles. The molecule has 10 rings (SSSR count). The maximum atomic E-state index is 16.1. The number of phenolic OH excluding ortho intramolecular Hbond substituents is 3. The lowest BCUT2D eigenvalue weighted by atomic mass is 9.78. The van der Waals surface area contributed by atoms with Crippen LogP contribution < -0.4 is 20.4 Å². The van der Waals surface area contributed by atoms with E-state index in [1.54, 1.807) is 72.2 Å². The summed E-state index contributed by atoms with van der Waals surface area (Å²) in [6.45, 7) is 14.2. The van der Waals surface area contributed by atoms with Crippen molar-refractivity contribution in [3.05, 3.63) is 92.3 Å². The molecule has 3 fully saturated rings. The lowest BCUT2D eigenvalue weighted by Crippen LogP contribution is -2.51. The number of piperidine rings is 1. The summed E-state index contributed by atoms with van der Waals surface area (Å²) in [5, 5.41) is 78.0. The number of rotatable bonds is 9. The number of allylic oxidation sites excluding steroid dienone is 2. The Morgan fingerprint density at radius 2 is 1.55 bits per heavy atom. The van der Waals surface area contributed by atoms with Gasteiger partial charge in [0.2, 0.25) is 17.1 Å². The molecule has 2 amide bonds. The number of hydrazone groups is 1. The van der Waals surface area contributed by atoms with Gasteiger partial charge >= 0.3 is 11.9 Å². The van der Waals surface area contributed by atoms with Crippen LogP contribution in [0.4, 0.5) is 15.8 Å². The van der Waals surface area contributed by atoms with E-state index < -0.39 is 117 Å². The minimum Gasteiger partial charge on any atom is -0.507 e. The predicted octanol–water partition coefficient (Wildman–Crippen LogP) is 6.85. The fourth-order valence-corrected chi connectivity index (χ4v) is 12.8. The molecule has 22 nitrogen and oxygen atoms in total. The van der Waals surface area contributed by atoms with E-state index in [1.165, 1.54) is 59.7 Å². The zero-order chi connectivity index (χ0) is 62.5. The van der Waals surface area contributed by atoms with E-state index in [-0.39, 0.29) is 113 Å². The number of hydrogen-bond donors (Lipinski definition) is 7. The van der Waals surface area contributed by atoms with Gasteiger partial charge in [-0.1, -0.05) is 45.9 Å². The molecule has 1 aromatic heterocycles. The Labute approximate surface area is 496 Å². The van der Waals surface area contributed by atoms with Crippen molar-refractivity contribution in [2.45, 2.75) is 124 Å². The maximum absolute atomic E-state index is 16.1. The summed E-state index contributed by atoms with van der Waals surface area (Å²) in [6, 6.07) is 0.991. The minimum atomic E-state index is -1.64. The molecular weight excluding hydrogens is 1120 g/mol. The number of halogens is 1. The molecule has 6 aliphatic rings. The summed E-state index contributed by atoms with van der Waals surface area (Å²) in [6.07, 6.45) is 8.20. The van der Waals surface area contributed by atoms with Crippen LogP contribution in [0.15, 0.2) is 58.3 Å². The number of aromatic carboxylic acids is 1. The first-order chi connectivity index (χ1) is 40.7. The van der Waals surface area contributed by atoms with Gasteiger partial charge in [-0.25, -0.2) is 9.18 Å². The van der Waals surface area contributed by atoms with E-state index in [4.69, 9.17) is 18.9 Å². The third-order valence-corrected chi connectivity index (χ3v) is 18.2. The Bertz CT molecular complexity index is 3580. The number of aliphatic hydroxyl groups is 2. The molecule has 0 unspecified atom stereocenters. The number of ether oxygens (including phenoxy) is 4. The fourth-order valence-electron chi connectivity index (χ4n) is 12.8. The second kappa shape index (κ2) is 24.8. The number of hydrogen-bond acceptors (Lipinski definition) is 18. The molecule has 0 radical (unpaired) electrons. The van der Waals surface area contributed by atoms with E-state index in [1.807, 2.05) is 0 Å². The highest BCUT2D eigenvalue weighted by Crippen LogP contribution is 2.53. The van der Waals surface area contributed by atoms with Gasteiger partial charge in [0.05, 0.1) is 65.4 Å². The van der Waals surface area contributed by atoms with Crippen molar-refractivity contribution in [2.24, 2.45) is 34.7 Å². The van der Waals surface area contributed by atoms with Crippen LogP contribution >= 0.6 is 0 Å². The highest BCUT2D eigenvalue weighted by molar-refractivity contribution is 6.23. The second-order valence-electron chi connectivity index (χ2n) is 23.9. The smallest absolute Gasteiger partial charge is 0.341 e. The molecule has 0 spiro atoms. The molecule has 462 valence electrons. The van der Waals surface area contributed by atoms with Crippen molar-refractivity contribution in [2.75, 3.05) is 63.7 Å². The van der Waals surface area contributed by atoms with Crippen molar-refractivity contribution in [3.63, 3.8) is 0 Å². The maximum Gasteiger partial charge on any atom is 0.341 e. The van der Waals surface area contributed by atoms with Gasteiger partial charge in [-0.2, -0.15) is 5.10 Å². The summed E-state index contributed by atoms with van der Waals surface area (Å²) in [4.78, 5) is 84.4. The van der Waals surface area contributed by atoms with Crippen LogP contribution in [0.2, 0.25) is 0 Å². The van der Waals surface area contributed by atoms with Crippen LogP contribution in [0.5, 0.6) is 23.0 Å². The SMILES string of the molecule is COc1c(N2CCN(C(=O)C3CCN(/N=C/c4c5c(O)c6c(O)c(C)c7c(c6c4O)C(=O)[C@](C)(C7)O/C=C/[C@H](OC)[C@@H](C)[C@@H](OC(C)=O)[C@H](C)[C@H](O)[C@H](C)[C@@H](O)[C@@H](C)/C=C/C=C(/C)C(=O)N5)CC3)CC2)c(F)cc2c(=O)c(C(=O)O)cn(C3CC3)c12. The Morgan fingerprint density at radius 1 is 0.872 bits per heavy atom. The molecule has 4 aromatic rings. The molecule has 3 aromatic carbocycles. The van der Waals surface area contributed by atoms with Gasteiger partial charge in [0.15, 0.2) is 22.9 Å². The molecule has 86 heavy (non-hydrogen) atoms. The number of aromatic nitrogens is 1. The number of carboxylic acid groups (broad SMARTS) is 1. The van der Waals surface area contributed by atoms with Gasteiger partial charge in [-0.3, -0.25) is 29.0 Å². The first-order valence-corrected chi connectivity index (χ1v) is 29.1. The number of pyridine rings is 1. The molecule has 1 saturated carbocycles. The van der Waals surface area contributed by atoms with Crippen LogP contribution in [0.25, 0.3) is 21.7 Å². The normalized spacial score (nSPS) is 27.7. The van der Waals surface area contributed by atoms with Crippen LogP contribution in [-0.2, 0) is 35.0 Å². The number of benzene rings is 3. The Hall–Kier alpha value is -8.02. The molecule has 23 heteroatoms. The quantitative estimate of drug-likeness (QED) is 0.0390. The van der Waals surface area contributed by atoms with Crippen molar-refractivity contribution >= 4 is 68.8 Å². The molecular formula is C63H77FN6O16. The first kappa shape index (κ1) is 62.5. The van der Waals surface area contributed by atoms with Gasteiger partial charge < -0.3 is 69.3 Å². The molecule has 4 aliphatic heterocycles. The van der Waals surface area contributed by atoms with Crippen molar-refractivity contribution in [3.8, 4) is 23.0 Å². The van der Waals surface area contributed by atoms with Gasteiger partial charge in [0.25, 0.3) is 5.91 Å². The summed E-state index contributed by atoms with van der Waals surface area (Å²) in [5.74, 6) is -8.87. The number of nitrogens with one attached hydrogen (secondary N) is 1. The van der Waals surface area contributed by atoms with E-state index in [2.05, 4.69) is 10.4 Å². The fraction of sp³-hybridized carbons (Fsp3) is 0.508. The topological polar surface area (TPSA) is 300 Å². The standard InChI is InChI=1S/C63H77FN6O16/c1-30-12-11-13-31(2)60(79)66-48-41(28-65-69-19-16-37(17-20-69)61(80)68-23-21-67(22-24-68)50-43(64)26-39-49(58(50)84-10)70(38-14-15-38)29-42(54(39)75)62(81)82)55(76)46-45-40(32(3)53(74)47(46)56(48)77)27-63(8,59(45)78)85-25-18-44(83-9)33(4)57(86-36(7)71)35(6)52(73)34(5)51(30)72/h11-13,18,25-26,28-30,33-35,37-38,44,51-52,57,72-74,76-77H,14-17,19-24,27H2,1-10H3,(H,66,79)(H,81,82)/b12-11+,25-18+,31-13-,65-28+/t30-,33+,34+,35+,44-,51-,52+,57+,63-/m0/s1. The van der Waals surface area contributed by atoms with Gasteiger partial charge in [-0.05, 0) is 69.7 Å². The molecule has 5 bridgehead atoms. The number of carboxylic acids is 1. The van der Waals surface area contributed by atoms with Gasteiger partial charge in [0.1, 0.15) is 28.9 Å². The minimum absolute atomic E-state index is 0.0423. The van der Waals surface area contributed by atoms with Crippen LogP contribution in [0.1, 0.15) is 118 Å². The summed E-state index contributed by atoms with van der Waals surface area (Å²) in [7, 11) is 2.81. The highest BCUT2D eigenvalue weighted by Gasteiger charge is 2.48. The van der Waals surface area contributed by atoms with Crippen molar-refractivity contribution in [1.82, 2.24) is 14.5 Å². The number of nitrogens with zero attached hydrogens (tertiary/aromatic N) is 5.